The Balaban J connectivity index is 1.39. The van der Waals surface area contributed by atoms with Crippen molar-refractivity contribution >= 4 is 40.9 Å². The zero-order valence-corrected chi connectivity index (χ0v) is 21.3. The molecule has 0 spiro atoms. The number of aliphatic carboxylic acids is 1. The van der Waals surface area contributed by atoms with E-state index in [-0.39, 0.29) is 28.8 Å². The quantitative estimate of drug-likeness (QED) is 0.307. The lowest BCUT2D eigenvalue weighted by atomic mass is 9.82. The fraction of sp³-hybridized carbons (Fsp3) is 0.259. The summed E-state index contributed by atoms with van der Waals surface area (Å²) in [7, 11) is 1.76. The van der Waals surface area contributed by atoms with Crippen LogP contribution in [0.4, 0.5) is 11.4 Å². The van der Waals surface area contributed by atoms with Gasteiger partial charge in [-0.1, -0.05) is 36.4 Å². The van der Waals surface area contributed by atoms with Crippen molar-refractivity contribution in [1.82, 2.24) is 9.36 Å². The van der Waals surface area contributed by atoms with Crippen molar-refractivity contribution in [2.75, 3.05) is 16.4 Å². The highest BCUT2D eigenvalue weighted by Gasteiger charge is 2.34. The molecule has 3 N–H and O–H groups in total. The number of hydrogen-bond acceptors (Lipinski definition) is 5. The zero-order valence-electron chi connectivity index (χ0n) is 20.5. The number of carboxylic acids is 1. The van der Waals surface area contributed by atoms with Gasteiger partial charge in [0.25, 0.3) is 5.56 Å². The Morgan fingerprint density at radius 3 is 2.41 bits per heavy atom. The number of anilines is 2. The third-order valence-electron chi connectivity index (χ3n) is 6.38. The van der Waals surface area contributed by atoms with Crippen LogP contribution in [0.3, 0.4) is 0 Å². The van der Waals surface area contributed by atoms with Gasteiger partial charge in [0, 0.05) is 17.6 Å². The smallest absolute Gasteiger partial charge is 0.307 e. The molecule has 0 aliphatic heterocycles. The summed E-state index contributed by atoms with van der Waals surface area (Å²) in [5.74, 6) is -2.98. The minimum atomic E-state index is -0.982. The maximum Gasteiger partial charge on any atom is 0.307 e. The highest BCUT2D eigenvalue weighted by atomic mass is 32.2. The van der Waals surface area contributed by atoms with Gasteiger partial charge in [0.05, 0.1) is 29.0 Å². The number of hydrogen-bond donors (Lipinski definition) is 3. The van der Waals surface area contributed by atoms with Gasteiger partial charge in [-0.05, 0) is 50.1 Å². The Labute approximate surface area is 218 Å². The van der Waals surface area contributed by atoms with Gasteiger partial charge in [-0.2, -0.15) is 0 Å². The van der Waals surface area contributed by atoms with Gasteiger partial charge in [0.15, 0.2) is 0 Å². The second-order valence-corrected chi connectivity index (χ2v) is 9.83. The minimum Gasteiger partial charge on any atom is -0.481 e. The number of thioether (sulfide) groups is 1. The predicted octanol–water partition coefficient (Wildman–Crippen LogP) is 3.82. The SMILES string of the molecule is Cc1c(NC(=O)CSc2cccc(NC(=O)C3CC=CCC3C(=O)O)c2)c(=O)n(-c2ccccc2)n1C. The van der Waals surface area contributed by atoms with E-state index in [2.05, 4.69) is 10.6 Å². The first-order valence-corrected chi connectivity index (χ1v) is 12.8. The van der Waals surface area contributed by atoms with E-state index in [1.54, 1.807) is 42.9 Å². The molecular weight excluding hydrogens is 492 g/mol. The Morgan fingerprint density at radius 1 is 1.00 bits per heavy atom. The first-order chi connectivity index (χ1) is 17.8. The number of allylic oxidation sites excluding steroid dienone is 2. The molecule has 1 aliphatic rings. The van der Waals surface area contributed by atoms with Crippen LogP contribution in [-0.2, 0) is 21.4 Å². The van der Waals surface area contributed by atoms with Crippen LogP contribution in [0.5, 0.6) is 0 Å². The number of nitrogens with zero attached hydrogens (tertiary/aromatic N) is 2. The Bertz CT molecular complexity index is 1410. The number of amides is 2. The molecule has 192 valence electrons. The summed E-state index contributed by atoms with van der Waals surface area (Å²) < 4.78 is 3.20. The zero-order chi connectivity index (χ0) is 26.5. The molecular formula is C27H28N4O5S. The van der Waals surface area contributed by atoms with Gasteiger partial charge in [-0.25, -0.2) is 4.68 Å². The Morgan fingerprint density at radius 2 is 1.70 bits per heavy atom. The second-order valence-electron chi connectivity index (χ2n) is 8.78. The third-order valence-corrected chi connectivity index (χ3v) is 7.37. The molecule has 4 rings (SSSR count). The van der Waals surface area contributed by atoms with E-state index in [9.17, 15) is 24.3 Å². The lowest BCUT2D eigenvalue weighted by molar-refractivity contribution is -0.146. The van der Waals surface area contributed by atoms with Crippen LogP contribution in [0.2, 0.25) is 0 Å². The highest BCUT2D eigenvalue weighted by Crippen LogP contribution is 2.28. The molecule has 0 radical (unpaired) electrons. The average molecular weight is 521 g/mol. The summed E-state index contributed by atoms with van der Waals surface area (Å²) in [6, 6.07) is 16.2. The van der Waals surface area contributed by atoms with Gasteiger partial charge in [0.2, 0.25) is 11.8 Å². The van der Waals surface area contributed by atoms with Gasteiger partial charge < -0.3 is 15.7 Å². The van der Waals surface area contributed by atoms with Crippen molar-refractivity contribution in [1.29, 1.82) is 0 Å². The maximum absolute atomic E-state index is 13.0. The monoisotopic (exact) mass is 520 g/mol. The van der Waals surface area contributed by atoms with Crippen LogP contribution in [0, 0.1) is 18.8 Å². The van der Waals surface area contributed by atoms with E-state index < -0.39 is 17.8 Å². The maximum atomic E-state index is 13.0. The van der Waals surface area contributed by atoms with E-state index in [4.69, 9.17) is 0 Å². The molecule has 0 bridgehead atoms. The van der Waals surface area contributed by atoms with Crippen molar-refractivity contribution < 1.29 is 19.5 Å². The van der Waals surface area contributed by atoms with Gasteiger partial charge in [0.1, 0.15) is 5.69 Å². The molecule has 0 saturated heterocycles. The molecule has 0 fully saturated rings. The van der Waals surface area contributed by atoms with Crippen LogP contribution in [0.1, 0.15) is 18.5 Å². The number of rotatable bonds is 8. The van der Waals surface area contributed by atoms with E-state index in [0.29, 0.717) is 29.9 Å². The molecule has 0 saturated carbocycles. The second kappa shape index (κ2) is 11.3. The number of para-hydroxylation sites is 1. The van der Waals surface area contributed by atoms with E-state index in [0.717, 1.165) is 4.90 Å². The van der Waals surface area contributed by atoms with Crippen molar-refractivity contribution in [2.45, 2.75) is 24.7 Å². The number of carboxylic acid groups (broad SMARTS) is 1. The molecule has 1 aromatic heterocycles. The predicted molar refractivity (Wildman–Crippen MR) is 143 cm³/mol. The molecule has 1 heterocycles. The van der Waals surface area contributed by atoms with Crippen LogP contribution < -0.4 is 16.2 Å². The largest absolute Gasteiger partial charge is 0.481 e. The summed E-state index contributed by atoms with van der Waals surface area (Å²) >= 11 is 1.26. The lowest BCUT2D eigenvalue weighted by Crippen LogP contribution is -2.34. The Hall–Kier alpha value is -4.05. The van der Waals surface area contributed by atoms with Crippen LogP contribution in [0.15, 0.2) is 76.4 Å². The van der Waals surface area contributed by atoms with E-state index >= 15 is 0 Å². The summed E-state index contributed by atoms with van der Waals surface area (Å²) in [6.07, 6.45) is 4.33. The fourth-order valence-corrected chi connectivity index (χ4v) is 5.07. The molecule has 3 aromatic rings. The fourth-order valence-electron chi connectivity index (χ4n) is 4.31. The number of carbonyl (C=O) groups is 3. The lowest BCUT2D eigenvalue weighted by Gasteiger charge is -2.24. The van der Waals surface area contributed by atoms with Crippen molar-refractivity contribution in [3.05, 3.63) is 82.8 Å². The summed E-state index contributed by atoms with van der Waals surface area (Å²) in [5, 5.41) is 15.0. The van der Waals surface area contributed by atoms with Crippen LogP contribution in [-0.4, -0.2) is 38.0 Å². The highest BCUT2D eigenvalue weighted by molar-refractivity contribution is 8.00. The normalized spacial score (nSPS) is 16.8. The molecule has 9 nitrogen and oxygen atoms in total. The van der Waals surface area contributed by atoms with Crippen LogP contribution >= 0.6 is 11.8 Å². The Kier molecular flexibility index (Phi) is 7.98. The number of benzene rings is 2. The van der Waals surface area contributed by atoms with Gasteiger partial charge >= 0.3 is 5.97 Å². The summed E-state index contributed by atoms with van der Waals surface area (Å²) in [6.45, 7) is 1.77. The van der Waals surface area contributed by atoms with Crippen molar-refractivity contribution in [2.24, 2.45) is 18.9 Å². The molecule has 2 unspecified atom stereocenters. The van der Waals surface area contributed by atoms with Crippen molar-refractivity contribution in [3.8, 4) is 5.69 Å². The molecule has 2 amide bonds. The minimum absolute atomic E-state index is 0.0605. The van der Waals surface area contributed by atoms with E-state index in [1.165, 1.54) is 16.4 Å². The average Bonchev–Trinajstić information content (AvgIpc) is 3.11. The van der Waals surface area contributed by atoms with Crippen LogP contribution in [0.25, 0.3) is 5.69 Å². The van der Waals surface area contributed by atoms with Gasteiger partial charge in [-0.3, -0.25) is 23.9 Å². The molecule has 1 aliphatic carbocycles. The standard InChI is InChI=1S/C27H28N4O5S/c1-17-24(26(34)31(30(17)2)19-10-4-3-5-11-19)29-23(32)16-37-20-12-8-9-18(15-20)28-25(33)21-13-6-7-14-22(21)27(35)36/h3-12,15,21-22H,13-14,16H2,1-2H3,(H,28,33)(H,29,32)(H,35,36). The topological polar surface area (TPSA) is 122 Å². The molecule has 2 atom stereocenters. The van der Waals surface area contributed by atoms with Gasteiger partial charge in [-0.15, -0.1) is 11.8 Å². The van der Waals surface area contributed by atoms with E-state index in [1.807, 2.05) is 42.5 Å². The molecule has 10 heteroatoms. The first-order valence-electron chi connectivity index (χ1n) is 11.8. The summed E-state index contributed by atoms with van der Waals surface area (Å²) in [4.78, 5) is 50.7. The first kappa shape index (κ1) is 26.0. The molecule has 2 aromatic carbocycles. The third kappa shape index (κ3) is 5.86. The summed E-state index contributed by atoms with van der Waals surface area (Å²) in [5.41, 5.74) is 1.78. The van der Waals surface area contributed by atoms with Crippen molar-refractivity contribution in [3.63, 3.8) is 0 Å². The number of nitrogens with one attached hydrogen (secondary N) is 2. The number of carbonyl (C=O) groups excluding carboxylic acids is 2. The molecule has 37 heavy (non-hydrogen) atoms. The number of aromatic nitrogens is 2.